The summed E-state index contributed by atoms with van der Waals surface area (Å²) in [6.07, 6.45) is 2.80. The summed E-state index contributed by atoms with van der Waals surface area (Å²) in [7, 11) is 0. The molecule has 4 rings (SSSR count). The molecule has 1 aliphatic rings. The van der Waals surface area contributed by atoms with Crippen molar-refractivity contribution in [2.75, 3.05) is 6.54 Å². The predicted octanol–water partition coefficient (Wildman–Crippen LogP) is 4.57. The number of nitrogens with one attached hydrogen (secondary N) is 1. The molecule has 0 unspecified atom stereocenters. The number of thiophene rings is 1. The average molecular weight is 401 g/mol. The van der Waals surface area contributed by atoms with Gasteiger partial charge in [0, 0.05) is 35.2 Å². The highest BCUT2D eigenvalue weighted by atomic mass is 32.1. The molecule has 3 aromatic rings. The fourth-order valence-corrected chi connectivity index (χ4v) is 5.03. The second-order valence-corrected chi connectivity index (χ2v) is 8.89. The van der Waals surface area contributed by atoms with Gasteiger partial charge in [-0.15, -0.1) is 22.7 Å². The Labute approximate surface area is 165 Å². The molecule has 1 N–H and O–H groups in total. The molecule has 27 heavy (non-hydrogen) atoms. The van der Waals surface area contributed by atoms with Crippen molar-refractivity contribution in [3.8, 4) is 10.6 Å². The van der Waals surface area contributed by atoms with Gasteiger partial charge in [-0.25, -0.2) is 4.98 Å². The van der Waals surface area contributed by atoms with Gasteiger partial charge in [0.05, 0.1) is 21.1 Å². The molecule has 0 atom stereocenters. The lowest BCUT2D eigenvalue weighted by Gasteiger charge is -2.07. The van der Waals surface area contributed by atoms with Crippen molar-refractivity contribution >= 4 is 34.4 Å². The number of thiazole rings is 1. The van der Waals surface area contributed by atoms with E-state index in [4.69, 9.17) is 4.42 Å². The van der Waals surface area contributed by atoms with E-state index in [1.807, 2.05) is 6.92 Å². The molecular weight excluding hydrogens is 380 g/mol. The maximum absolute atomic E-state index is 12.5. The lowest BCUT2D eigenvalue weighted by Crippen LogP contribution is -2.25. The Morgan fingerprint density at radius 1 is 1.30 bits per heavy atom. The zero-order chi connectivity index (χ0) is 19.0. The minimum atomic E-state index is -0.249. The van der Waals surface area contributed by atoms with Crippen LogP contribution in [0.4, 0.5) is 0 Å². The van der Waals surface area contributed by atoms with Crippen LogP contribution in [0.2, 0.25) is 0 Å². The van der Waals surface area contributed by atoms with E-state index >= 15 is 0 Å². The maximum atomic E-state index is 12.5. The van der Waals surface area contributed by atoms with E-state index in [2.05, 4.69) is 27.8 Å². The molecule has 1 aliphatic carbocycles. The van der Waals surface area contributed by atoms with Gasteiger partial charge < -0.3 is 9.73 Å². The first-order valence-corrected chi connectivity index (χ1v) is 10.7. The smallest absolute Gasteiger partial charge is 0.287 e. The number of furan rings is 1. The number of rotatable bonds is 5. The van der Waals surface area contributed by atoms with Gasteiger partial charge in [-0.3, -0.25) is 9.59 Å². The fraction of sp³-hybridized carbons (Fsp3) is 0.350. The van der Waals surface area contributed by atoms with Crippen molar-refractivity contribution in [3.05, 3.63) is 50.0 Å². The van der Waals surface area contributed by atoms with Crippen molar-refractivity contribution < 1.29 is 14.0 Å². The molecule has 140 valence electrons. The molecule has 1 amide bonds. The Bertz CT molecular complexity index is 1010. The highest BCUT2D eigenvalue weighted by molar-refractivity contribution is 7.16. The molecule has 0 radical (unpaired) electrons. The van der Waals surface area contributed by atoms with E-state index in [-0.39, 0.29) is 17.5 Å². The SMILES string of the molecule is Cc1nc(-c2ccc(CCNC(=O)c3oc4c(c3C)C(=O)CCC4)s2)cs1. The molecule has 0 bridgehead atoms. The minimum absolute atomic E-state index is 0.0833. The van der Waals surface area contributed by atoms with Crippen LogP contribution >= 0.6 is 22.7 Å². The van der Waals surface area contributed by atoms with Gasteiger partial charge in [0.2, 0.25) is 0 Å². The average Bonchev–Trinajstić information content (AvgIpc) is 3.34. The summed E-state index contributed by atoms with van der Waals surface area (Å²) in [6, 6.07) is 4.16. The number of nitrogens with zero attached hydrogens (tertiary/aromatic N) is 1. The normalized spacial score (nSPS) is 13.6. The van der Waals surface area contributed by atoms with Crippen LogP contribution in [-0.4, -0.2) is 23.2 Å². The summed E-state index contributed by atoms with van der Waals surface area (Å²) in [5.41, 5.74) is 2.30. The van der Waals surface area contributed by atoms with Crippen molar-refractivity contribution in [2.24, 2.45) is 0 Å². The number of amides is 1. The molecule has 0 saturated heterocycles. The van der Waals surface area contributed by atoms with Crippen molar-refractivity contribution in [1.82, 2.24) is 10.3 Å². The van der Waals surface area contributed by atoms with Crippen LogP contribution < -0.4 is 5.32 Å². The highest BCUT2D eigenvalue weighted by Crippen LogP contribution is 2.30. The summed E-state index contributed by atoms with van der Waals surface area (Å²) in [5, 5.41) is 6.04. The molecule has 3 aromatic heterocycles. The summed E-state index contributed by atoms with van der Waals surface area (Å²) in [5.74, 6) is 0.775. The predicted molar refractivity (Wildman–Crippen MR) is 107 cm³/mol. The van der Waals surface area contributed by atoms with Crippen molar-refractivity contribution in [2.45, 2.75) is 39.5 Å². The Morgan fingerprint density at radius 2 is 2.15 bits per heavy atom. The zero-order valence-electron chi connectivity index (χ0n) is 15.3. The molecule has 0 fully saturated rings. The summed E-state index contributed by atoms with van der Waals surface area (Å²) < 4.78 is 5.70. The minimum Gasteiger partial charge on any atom is -0.455 e. The summed E-state index contributed by atoms with van der Waals surface area (Å²) in [6.45, 7) is 4.32. The molecule has 0 spiro atoms. The quantitative estimate of drug-likeness (QED) is 0.681. The van der Waals surface area contributed by atoms with Crippen LogP contribution in [0.5, 0.6) is 0 Å². The number of aromatic nitrogens is 1. The van der Waals surface area contributed by atoms with E-state index in [1.165, 1.54) is 4.88 Å². The van der Waals surface area contributed by atoms with Crippen LogP contribution in [0.15, 0.2) is 21.9 Å². The van der Waals surface area contributed by atoms with Gasteiger partial charge in [0.1, 0.15) is 5.76 Å². The van der Waals surface area contributed by atoms with Gasteiger partial charge >= 0.3 is 0 Å². The van der Waals surface area contributed by atoms with Crippen LogP contribution in [0, 0.1) is 13.8 Å². The molecule has 0 aliphatic heterocycles. The Morgan fingerprint density at radius 3 is 2.89 bits per heavy atom. The maximum Gasteiger partial charge on any atom is 0.287 e. The highest BCUT2D eigenvalue weighted by Gasteiger charge is 2.28. The third kappa shape index (κ3) is 3.61. The molecule has 5 nitrogen and oxygen atoms in total. The van der Waals surface area contributed by atoms with E-state index in [0.29, 0.717) is 29.9 Å². The lowest BCUT2D eigenvalue weighted by atomic mass is 9.94. The standard InChI is InChI=1S/C20H20N2O3S2/c1-11-18-15(23)4-3-5-16(18)25-19(11)20(24)21-9-8-13-6-7-17(27-13)14-10-26-12(2)22-14/h6-7,10H,3-5,8-9H2,1-2H3,(H,21,24). The third-order valence-corrected chi connectivity index (χ3v) is 6.64. The van der Waals surface area contributed by atoms with Gasteiger partial charge in [-0.05, 0) is 38.8 Å². The Hall–Kier alpha value is -2.25. The third-order valence-electron chi connectivity index (χ3n) is 4.70. The van der Waals surface area contributed by atoms with E-state index < -0.39 is 0 Å². The van der Waals surface area contributed by atoms with Crippen LogP contribution in [0.25, 0.3) is 10.6 Å². The number of aryl methyl sites for hydroxylation is 2. The fourth-order valence-electron chi connectivity index (χ4n) is 3.37. The second kappa shape index (κ2) is 7.40. The lowest BCUT2D eigenvalue weighted by molar-refractivity contribution is 0.0920. The van der Waals surface area contributed by atoms with E-state index in [1.54, 1.807) is 29.6 Å². The number of fused-ring (bicyclic) bond motifs is 1. The number of carbonyl (C=O) groups is 2. The van der Waals surface area contributed by atoms with Crippen LogP contribution in [0.3, 0.4) is 0 Å². The van der Waals surface area contributed by atoms with Gasteiger partial charge in [0.15, 0.2) is 11.5 Å². The second-order valence-electron chi connectivity index (χ2n) is 6.65. The first-order valence-electron chi connectivity index (χ1n) is 8.98. The Kier molecular flexibility index (Phi) is 4.97. The molecule has 0 aromatic carbocycles. The molecule has 7 heteroatoms. The van der Waals surface area contributed by atoms with Crippen LogP contribution in [0.1, 0.15) is 55.0 Å². The van der Waals surface area contributed by atoms with Crippen LogP contribution in [-0.2, 0) is 12.8 Å². The van der Waals surface area contributed by atoms with Crippen molar-refractivity contribution in [3.63, 3.8) is 0 Å². The van der Waals surface area contributed by atoms with E-state index in [9.17, 15) is 9.59 Å². The van der Waals surface area contributed by atoms with E-state index in [0.717, 1.165) is 34.8 Å². The number of Topliss-reactive ketones (excluding diaryl/α,β-unsaturated/α-hetero) is 1. The van der Waals surface area contributed by atoms with Gasteiger partial charge in [0.25, 0.3) is 5.91 Å². The monoisotopic (exact) mass is 400 g/mol. The van der Waals surface area contributed by atoms with Gasteiger partial charge in [-0.2, -0.15) is 0 Å². The molecule has 0 saturated carbocycles. The first-order chi connectivity index (χ1) is 13.0. The summed E-state index contributed by atoms with van der Waals surface area (Å²) in [4.78, 5) is 31.4. The Balaban J connectivity index is 1.38. The van der Waals surface area contributed by atoms with Gasteiger partial charge in [-0.1, -0.05) is 0 Å². The molecular formula is C20H20N2O3S2. The van der Waals surface area contributed by atoms with Crippen molar-refractivity contribution in [1.29, 1.82) is 0 Å². The number of carbonyl (C=O) groups excluding carboxylic acids is 2. The number of hydrogen-bond acceptors (Lipinski definition) is 6. The first kappa shape index (κ1) is 18.1. The topological polar surface area (TPSA) is 72.2 Å². The largest absolute Gasteiger partial charge is 0.455 e. The zero-order valence-corrected chi connectivity index (χ0v) is 16.9. The number of hydrogen-bond donors (Lipinski definition) is 1. The molecule has 3 heterocycles. The summed E-state index contributed by atoms with van der Waals surface area (Å²) >= 11 is 3.34. The number of ketones is 1.